The van der Waals surface area contributed by atoms with Gasteiger partial charge in [0, 0.05) is 16.6 Å². The van der Waals surface area contributed by atoms with Crippen molar-refractivity contribution in [3.63, 3.8) is 0 Å². The van der Waals surface area contributed by atoms with Gasteiger partial charge in [-0.15, -0.1) is 0 Å². The maximum atomic E-state index is 3.49. The lowest BCUT2D eigenvalue weighted by Crippen LogP contribution is -1.91. The van der Waals surface area contributed by atoms with Crippen LogP contribution in [0.25, 0.3) is 22.2 Å². The van der Waals surface area contributed by atoms with Crippen LogP contribution >= 0.6 is 0 Å². The Kier molecular flexibility index (Phi) is 3.69. The normalized spacial score (nSPS) is 11.0. The van der Waals surface area contributed by atoms with Gasteiger partial charge in [-0.2, -0.15) is 0 Å². The Labute approximate surface area is 136 Å². The van der Waals surface area contributed by atoms with E-state index >= 15 is 0 Å². The first-order valence-corrected chi connectivity index (χ1v) is 8.09. The van der Waals surface area contributed by atoms with E-state index in [0.717, 1.165) is 12.8 Å². The maximum Gasteiger partial charge on any atom is 0.0464 e. The fourth-order valence-corrected chi connectivity index (χ4v) is 3.01. The second-order valence-corrected chi connectivity index (χ2v) is 5.95. The van der Waals surface area contributed by atoms with Gasteiger partial charge in [-0.3, -0.25) is 0 Å². The maximum absolute atomic E-state index is 3.49. The van der Waals surface area contributed by atoms with Crippen LogP contribution in [-0.4, -0.2) is 4.98 Å². The van der Waals surface area contributed by atoms with Crippen LogP contribution < -0.4 is 0 Å². The highest BCUT2D eigenvalue weighted by atomic mass is 14.7. The third kappa shape index (κ3) is 3.04. The van der Waals surface area contributed by atoms with Crippen molar-refractivity contribution in [3.8, 4) is 11.3 Å². The molecule has 0 saturated heterocycles. The summed E-state index contributed by atoms with van der Waals surface area (Å²) in [6.07, 6.45) is 2.17. The molecule has 0 unspecified atom stereocenters. The number of hydrogen-bond donors (Lipinski definition) is 1. The fraction of sp³-hybridized carbons (Fsp3) is 0.0909. The van der Waals surface area contributed by atoms with E-state index in [2.05, 4.69) is 89.9 Å². The minimum atomic E-state index is 1.08. The van der Waals surface area contributed by atoms with Crippen molar-refractivity contribution in [3.05, 3.63) is 96.1 Å². The summed E-state index contributed by atoms with van der Waals surface area (Å²) in [5.74, 6) is 0. The SMILES string of the molecule is c1ccc(CCc2ccc(-c3cc4ccccc4[nH]3)cc2)cc1. The summed E-state index contributed by atoms with van der Waals surface area (Å²) < 4.78 is 0. The molecule has 1 heterocycles. The minimum absolute atomic E-state index is 1.08. The molecule has 23 heavy (non-hydrogen) atoms. The van der Waals surface area contributed by atoms with E-state index in [0.29, 0.717) is 0 Å². The Bertz CT molecular complexity index is 869. The summed E-state index contributed by atoms with van der Waals surface area (Å²) >= 11 is 0. The van der Waals surface area contributed by atoms with Crippen LogP contribution in [-0.2, 0) is 12.8 Å². The predicted octanol–water partition coefficient (Wildman–Crippen LogP) is 5.62. The van der Waals surface area contributed by atoms with E-state index in [4.69, 9.17) is 0 Å². The standard InChI is InChI=1S/C22H19N/c1-2-6-17(7-3-1)10-11-18-12-14-19(15-13-18)22-16-20-8-4-5-9-21(20)23-22/h1-9,12-16,23H,10-11H2. The molecule has 0 atom stereocenters. The molecule has 3 aromatic carbocycles. The van der Waals surface area contributed by atoms with E-state index in [1.165, 1.54) is 33.3 Å². The molecule has 112 valence electrons. The lowest BCUT2D eigenvalue weighted by molar-refractivity contribution is 0.960. The number of aromatic amines is 1. The van der Waals surface area contributed by atoms with Crippen molar-refractivity contribution in [2.75, 3.05) is 0 Å². The first-order chi connectivity index (χ1) is 11.4. The molecule has 0 spiro atoms. The molecule has 0 bridgehead atoms. The van der Waals surface area contributed by atoms with Gasteiger partial charge in [-0.1, -0.05) is 72.8 Å². The van der Waals surface area contributed by atoms with E-state index < -0.39 is 0 Å². The molecule has 1 nitrogen and oxygen atoms in total. The average Bonchev–Trinajstić information content (AvgIpc) is 3.05. The van der Waals surface area contributed by atoms with E-state index in [9.17, 15) is 0 Å². The summed E-state index contributed by atoms with van der Waals surface area (Å²) in [6, 6.07) is 30.2. The molecule has 0 aliphatic heterocycles. The molecule has 1 heteroatoms. The lowest BCUT2D eigenvalue weighted by atomic mass is 10.0. The molecule has 4 rings (SSSR count). The number of nitrogens with one attached hydrogen (secondary N) is 1. The van der Waals surface area contributed by atoms with Gasteiger partial charge in [-0.05, 0) is 41.7 Å². The second-order valence-electron chi connectivity index (χ2n) is 5.95. The third-order valence-corrected chi connectivity index (χ3v) is 4.34. The first-order valence-electron chi connectivity index (χ1n) is 8.09. The molecule has 1 aromatic heterocycles. The zero-order valence-electron chi connectivity index (χ0n) is 13.0. The number of aromatic nitrogens is 1. The van der Waals surface area contributed by atoms with Crippen molar-refractivity contribution in [2.45, 2.75) is 12.8 Å². The van der Waals surface area contributed by atoms with Crippen molar-refractivity contribution < 1.29 is 0 Å². The van der Waals surface area contributed by atoms with Gasteiger partial charge in [0.25, 0.3) is 0 Å². The summed E-state index contributed by atoms with van der Waals surface area (Å²) in [7, 11) is 0. The Balaban J connectivity index is 1.51. The third-order valence-electron chi connectivity index (χ3n) is 4.34. The Hall–Kier alpha value is -2.80. The van der Waals surface area contributed by atoms with Crippen LogP contribution in [0.5, 0.6) is 0 Å². The molecule has 0 fully saturated rings. The number of benzene rings is 3. The highest BCUT2D eigenvalue weighted by Gasteiger charge is 2.03. The Morgan fingerprint density at radius 2 is 1.26 bits per heavy atom. The topological polar surface area (TPSA) is 15.8 Å². The fourth-order valence-electron chi connectivity index (χ4n) is 3.01. The van der Waals surface area contributed by atoms with Crippen molar-refractivity contribution >= 4 is 10.9 Å². The van der Waals surface area contributed by atoms with Gasteiger partial charge in [-0.25, -0.2) is 0 Å². The molecule has 0 saturated carbocycles. The predicted molar refractivity (Wildman–Crippen MR) is 97.6 cm³/mol. The molecule has 1 N–H and O–H groups in total. The lowest BCUT2D eigenvalue weighted by Gasteiger charge is -2.04. The van der Waals surface area contributed by atoms with E-state index in [1.54, 1.807) is 0 Å². The van der Waals surface area contributed by atoms with Crippen LogP contribution in [0, 0.1) is 0 Å². The summed E-state index contributed by atoms with van der Waals surface area (Å²) in [6.45, 7) is 0. The van der Waals surface area contributed by atoms with Crippen molar-refractivity contribution in [2.24, 2.45) is 0 Å². The number of rotatable bonds is 4. The Morgan fingerprint density at radius 3 is 2.00 bits per heavy atom. The van der Waals surface area contributed by atoms with Gasteiger partial charge in [0.05, 0.1) is 0 Å². The van der Waals surface area contributed by atoms with E-state index in [-0.39, 0.29) is 0 Å². The van der Waals surface area contributed by atoms with Crippen LogP contribution in [0.15, 0.2) is 84.9 Å². The summed E-state index contributed by atoms with van der Waals surface area (Å²) in [5.41, 5.74) is 6.39. The van der Waals surface area contributed by atoms with Crippen LogP contribution in [0.3, 0.4) is 0 Å². The molecular formula is C22H19N. The number of fused-ring (bicyclic) bond motifs is 1. The average molecular weight is 297 g/mol. The van der Waals surface area contributed by atoms with Crippen molar-refractivity contribution in [1.29, 1.82) is 0 Å². The molecule has 0 aliphatic carbocycles. The number of aryl methyl sites for hydroxylation is 2. The van der Waals surface area contributed by atoms with Crippen LogP contribution in [0.1, 0.15) is 11.1 Å². The molecule has 0 radical (unpaired) electrons. The highest BCUT2D eigenvalue weighted by molar-refractivity contribution is 5.85. The zero-order chi connectivity index (χ0) is 15.5. The van der Waals surface area contributed by atoms with Crippen LogP contribution in [0.4, 0.5) is 0 Å². The second kappa shape index (κ2) is 6.13. The number of hydrogen-bond acceptors (Lipinski definition) is 0. The minimum Gasteiger partial charge on any atom is -0.355 e. The van der Waals surface area contributed by atoms with Gasteiger partial charge in [0.2, 0.25) is 0 Å². The largest absolute Gasteiger partial charge is 0.355 e. The number of para-hydroxylation sites is 1. The van der Waals surface area contributed by atoms with Crippen molar-refractivity contribution in [1.82, 2.24) is 4.98 Å². The summed E-state index contributed by atoms with van der Waals surface area (Å²) in [5, 5.41) is 1.26. The number of H-pyrrole nitrogens is 1. The zero-order valence-corrected chi connectivity index (χ0v) is 13.0. The van der Waals surface area contributed by atoms with Gasteiger partial charge in [0.1, 0.15) is 0 Å². The smallest absolute Gasteiger partial charge is 0.0464 e. The molecular weight excluding hydrogens is 278 g/mol. The van der Waals surface area contributed by atoms with Gasteiger partial charge >= 0.3 is 0 Å². The van der Waals surface area contributed by atoms with Gasteiger partial charge < -0.3 is 4.98 Å². The summed E-state index contributed by atoms with van der Waals surface area (Å²) in [4.78, 5) is 3.49. The van der Waals surface area contributed by atoms with E-state index in [1.807, 2.05) is 0 Å². The van der Waals surface area contributed by atoms with Crippen LogP contribution in [0.2, 0.25) is 0 Å². The van der Waals surface area contributed by atoms with Gasteiger partial charge in [0.15, 0.2) is 0 Å². The molecule has 0 aliphatic rings. The first kappa shape index (κ1) is 13.8. The highest BCUT2D eigenvalue weighted by Crippen LogP contribution is 2.24. The monoisotopic (exact) mass is 297 g/mol. The molecule has 0 amide bonds. The quantitative estimate of drug-likeness (QED) is 0.503. The molecule has 4 aromatic rings. The Morgan fingerprint density at radius 1 is 0.609 bits per heavy atom.